The van der Waals surface area contributed by atoms with Crippen molar-refractivity contribution in [1.82, 2.24) is 0 Å². The Bertz CT molecular complexity index is 535. The molecule has 0 aliphatic carbocycles. The first-order valence-electron chi connectivity index (χ1n) is 5.95. The molecule has 1 aromatic carbocycles. The summed E-state index contributed by atoms with van der Waals surface area (Å²) >= 11 is 1.55. The number of nitrogens with two attached hydrogens (primary N) is 1. The number of thiophene rings is 1. The number of nitrogens with one attached hydrogen (secondary N) is 1. The molecule has 0 aliphatic heterocycles. The second kappa shape index (κ2) is 5.86. The molecule has 0 bridgehead atoms. The van der Waals surface area contributed by atoms with Crippen molar-refractivity contribution < 1.29 is 5.11 Å². The third-order valence-corrected chi connectivity index (χ3v) is 3.43. The minimum atomic E-state index is -0.997. The van der Waals surface area contributed by atoms with Gasteiger partial charge >= 0.3 is 0 Å². The first-order valence-corrected chi connectivity index (χ1v) is 6.89. The Morgan fingerprint density at radius 2 is 2.11 bits per heavy atom. The highest BCUT2D eigenvalue weighted by atomic mass is 32.1. The average Bonchev–Trinajstić information content (AvgIpc) is 2.92. The van der Waals surface area contributed by atoms with Crippen LogP contribution in [0.25, 0.3) is 0 Å². The summed E-state index contributed by atoms with van der Waals surface area (Å²) in [6, 6.07) is 11.5. The van der Waals surface area contributed by atoms with Crippen molar-refractivity contribution in [1.29, 1.82) is 0 Å². The Morgan fingerprint density at radius 1 is 1.37 bits per heavy atom. The van der Waals surface area contributed by atoms with Crippen molar-refractivity contribution in [3.8, 4) is 0 Å². The van der Waals surface area contributed by atoms with E-state index in [1.165, 1.54) is 0 Å². The number of aliphatic imine (C=N–C) groups is 1. The molecule has 2 aromatic rings. The molecule has 0 spiro atoms. The van der Waals surface area contributed by atoms with E-state index in [1.807, 2.05) is 47.2 Å². The zero-order valence-corrected chi connectivity index (χ0v) is 11.5. The lowest BCUT2D eigenvalue weighted by Crippen LogP contribution is -2.29. The van der Waals surface area contributed by atoms with Crippen LogP contribution in [0.1, 0.15) is 12.5 Å². The fraction of sp³-hybridized carbons (Fsp3) is 0.214. The smallest absolute Gasteiger partial charge is 0.193 e. The normalized spacial score (nSPS) is 14.9. The number of guanidine groups is 1. The summed E-state index contributed by atoms with van der Waals surface area (Å²) in [7, 11) is 0. The largest absolute Gasteiger partial charge is 0.383 e. The number of hydrogen-bond donors (Lipinski definition) is 3. The van der Waals surface area contributed by atoms with Crippen LogP contribution in [0.15, 0.2) is 52.2 Å². The molecule has 1 atom stereocenters. The summed E-state index contributed by atoms with van der Waals surface area (Å²) in [5.74, 6) is 0.293. The number of rotatable bonds is 4. The van der Waals surface area contributed by atoms with Gasteiger partial charge in [-0.3, -0.25) is 0 Å². The van der Waals surface area contributed by atoms with Gasteiger partial charge in [0.2, 0.25) is 0 Å². The van der Waals surface area contributed by atoms with Crippen molar-refractivity contribution in [3.63, 3.8) is 0 Å². The lowest BCUT2D eigenvalue weighted by Gasteiger charge is -2.20. The van der Waals surface area contributed by atoms with E-state index in [0.29, 0.717) is 5.96 Å². The molecule has 100 valence electrons. The van der Waals surface area contributed by atoms with Gasteiger partial charge in [0, 0.05) is 5.69 Å². The summed E-state index contributed by atoms with van der Waals surface area (Å²) < 4.78 is 0. The van der Waals surface area contributed by atoms with Gasteiger partial charge in [0.1, 0.15) is 5.60 Å². The van der Waals surface area contributed by atoms with E-state index >= 15 is 0 Å². The Balaban J connectivity index is 1.98. The van der Waals surface area contributed by atoms with Crippen molar-refractivity contribution >= 4 is 23.0 Å². The molecular formula is C14H17N3OS. The second-order valence-electron chi connectivity index (χ2n) is 4.48. The molecule has 0 saturated carbocycles. The standard InChI is InChI=1S/C14H17N3OS/c1-14(18,11-7-8-19-9-11)10-16-13(15)17-12-5-3-2-4-6-12/h2-9,18H,10H2,1H3,(H3,15,16,17). The summed E-state index contributed by atoms with van der Waals surface area (Å²) in [4.78, 5) is 4.19. The Morgan fingerprint density at radius 3 is 2.74 bits per heavy atom. The third-order valence-electron chi connectivity index (χ3n) is 2.75. The molecule has 0 amide bonds. The highest BCUT2D eigenvalue weighted by Crippen LogP contribution is 2.23. The van der Waals surface area contributed by atoms with Crippen LogP contribution in [-0.4, -0.2) is 17.6 Å². The van der Waals surface area contributed by atoms with Crippen LogP contribution >= 0.6 is 11.3 Å². The lowest BCUT2D eigenvalue weighted by atomic mass is 10.00. The van der Waals surface area contributed by atoms with E-state index in [2.05, 4.69) is 10.3 Å². The van der Waals surface area contributed by atoms with Gasteiger partial charge in [-0.05, 0) is 41.4 Å². The molecule has 1 unspecified atom stereocenters. The van der Waals surface area contributed by atoms with Crippen molar-refractivity contribution in [2.45, 2.75) is 12.5 Å². The van der Waals surface area contributed by atoms with E-state index < -0.39 is 5.60 Å². The molecule has 2 rings (SSSR count). The molecule has 1 heterocycles. The predicted octanol–water partition coefficient (Wildman–Crippen LogP) is 2.38. The van der Waals surface area contributed by atoms with Crippen LogP contribution in [0.2, 0.25) is 0 Å². The number of benzene rings is 1. The van der Waals surface area contributed by atoms with Crippen LogP contribution in [0.5, 0.6) is 0 Å². The number of anilines is 1. The zero-order valence-electron chi connectivity index (χ0n) is 10.7. The topological polar surface area (TPSA) is 70.6 Å². The van der Waals surface area contributed by atoms with Crippen molar-refractivity contribution in [2.24, 2.45) is 10.7 Å². The molecule has 0 aliphatic rings. The minimum Gasteiger partial charge on any atom is -0.383 e. The van der Waals surface area contributed by atoms with Crippen LogP contribution in [-0.2, 0) is 5.60 Å². The highest BCUT2D eigenvalue weighted by Gasteiger charge is 2.23. The fourth-order valence-corrected chi connectivity index (χ4v) is 2.39. The third kappa shape index (κ3) is 3.81. The molecule has 1 aromatic heterocycles. The van der Waals surface area contributed by atoms with Gasteiger partial charge in [0.15, 0.2) is 5.96 Å². The average molecular weight is 275 g/mol. The maximum absolute atomic E-state index is 10.3. The van der Waals surface area contributed by atoms with E-state index in [0.717, 1.165) is 11.3 Å². The lowest BCUT2D eigenvalue weighted by molar-refractivity contribution is 0.0678. The van der Waals surface area contributed by atoms with E-state index in [-0.39, 0.29) is 6.54 Å². The van der Waals surface area contributed by atoms with Gasteiger partial charge in [-0.2, -0.15) is 11.3 Å². The van der Waals surface area contributed by atoms with Crippen LogP contribution < -0.4 is 11.1 Å². The Labute approximate surface area is 116 Å². The maximum atomic E-state index is 10.3. The van der Waals surface area contributed by atoms with E-state index in [9.17, 15) is 5.11 Å². The minimum absolute atomic E-state index is 0.218. The van der Waals surface area contributed by atoms with E-state index in [1.54, 1.807) is 18.3 Å². The molecule has 0 saturated heterocycles. The second-order valence-corrected chi connectivity index (χ2v) is 5.26. The SMILES string of the molecule is CC(O)(CN=C(N)Nc1ccccc1)c1ccsc1. The van der Waals surface area contributed by atoms with Gasteiger partial charge in [-0.25, -0.2) is 4.99 Å². The number of aliphatic hydroxyl groups is 1. The van der Waals surface area contributed by atoms with Gasteiger partial charge in [0.05, 0.1) is 6.54 Å². The molecule has 19 heavy (non-hydrogen) atoms. The summed E-state index contributed by atoms with van der Waals surface area (Å²) in [6.45, 7) is 1.95. The van der Waals surface area contributed by atoms with Crippen molar-refractivity contribution in [2.75, 3.05) is 11.9 Å². The number of para-hydroxylation sites is 1. The highest BCUT2D eigenvalue weighted by molar-refractivity contribution is 7.08. The van der Waals surface area contributed by atoms with Gasteiger partial charge in [-0.1, -0.05) is 18.2 Å². The predicted molar refractivity (Wildman–Crippen MR) is 80.4 cm³/mol. The zero-order chi connectivity index (χ0) is 13.7. The molecule has 4 nitrogen and oxygen atoms in total. The van der Waals surface area contributed by atoms with Gasteiger partial charge in [-0.15, -0.1) is 0 Å². The quantitative estimate of drug-likeness (QED) is 0.592. The van der Waals surface area contributed by atoms with E-state index in [4.69, 9.17) is 5.73 Å². The number of nitrogens with zero attached hydrogens (tertiary/aromatic N) is 1. The Hall–Kier alpha value is -1.85. The monoisotopic (exact) mass is 275 g/mol. The first kappa shape index (κ1) is 13.6. The van der Waals surface area contributed by atoms with Crippen LogP contribution in [0.4, 0.5) is 5.69 Å². The van der Waals surface area contributed by atoms with Crippen LogP contribution in [0, 0.1) is 0 Å². The number of hydrogen-bond acceptors (Lipinski definition) is 3. The molecule has 0 radical (unpaired) electrons. The van der Waals surface area contributed by atoms with Gasteiger partial charge in [0.25, 0.3) is 0 Å². The molecule has 4 N–H and O–H groups in total. The summed E-state index contributed by atoms with van der Waals surface area (Å²) in [6.07, 6.45) is 0. The molecule has 0 fully saturated rings. The summed E-state index contributed by atoms with van der Waals surface area (Å²) in [5, 5.41) is 17.1. The first-order chi connectivity index (χ1) is 9.08. The fourth-order valence-electron chi connectivity index (χ4n) is 1.61. The molecule has 5 heteroatoms. The Kier molecular flexibility index (Phi) is 4.19. The molecular weight excluding hydrogens is 258 g/mol. The maximum Gasteiger partial charge on any atom is 0.193 e. The van der Waals surface area contributed by atoms with Crippen molar-refractivity contribution in [3.05, 3.63) is 52.7 Å². The van der Waals surface area contributed by atoms with Gasteiger partial charge < -0.3 is 16.2 Å². The summed E-state index contributed by atoms with van der Waals surface area (Å²) in [5.41, 5.74) is 6.53. The van der Waals surface area contributed by atoms with Crippen LogP contribution in [0.3, 0.4) is 0 Å².